The molecule has 2 heterocycles. The Bertz CT molecular complexity index is 2430. The Kier molecular flexibility index (Phi) is 6.47. The van der Waals surface area contributed by atoms with Gasteiger partial charge in [-0.2, -0.15) is 0 Å². The summed E-state index contributed by atoms with van der Waals surface area (Å²) in [5, 5.41) is 3.91. The van der Waals surface area contributed by atoms with Crippen molar-refractivity contribution < 1.29 is 4.74 Å². The highest BCUT2D eigenvalue weighted by Gasteiger charge is 2.52. The lowest BCUT2D eigenvalue weighted by Crippen LogP contribution is -2.35. The van der Waals surface area contributed by atoms with Crippen molar-refractivity contribution in [3.63, 3.8) is 0 Å². The molecule has 2 aliphatic heterocycles. The molecule has 0 fully saturated rings. The number of nitrogens with one attached hydrogen (secondary N) is 1. The molecular weight excluding hydrogens is 609 g/mol. The average Bonchev–Trinajstić information content (AvgIpc) is 3.49. The van der Waals surface area contributed by atoms with Gasteiger partial charge in [0.05, 0.1) is 11.1 Å². The summed E-state index contributed by atoms with van der Waals surface area (Å²) in [6, 6.07) is 62.5. The minimum atomic E-state index is -0.587. The van der Waals surface area contributed by atoms with E-state index in [-0.39, 0.29) is 6.17 Å². The maximum atomic E-state index is 6.62. The van der Waals surface area contributed by atoms with Crippen LogP contribution in [-0.2, 0) is 5.41 Å². The van der Waals surface area contributed by atoms with Crippen LogP contribution >= 0.6 is 0 Å². The minimum absolute atomic E-state index is 0.345. The molecule has 0 aromatic heterocycles. The molecule has 1 atom stereocenters. The zero-order valence-electron chi connectivity index (χ0n) is 27.3. The molecule has 7 aromatic rings. The molecule has 236 valence electrons. The molecule has 1 spiro atoms. The van der Waals surface area contributed by atoms with Crippen molar-refractivity contribution in [1.82, 2.24) is 5.32 Å². The van der Waals surface area contributed by atoms with Gasteiger partial charge in [-0.3, -0.25) is 4.99 Å². The lowest BCUT2D eigenvalue weighted by atomic mass is 9.65. The van der Waals surface area contributed by atoms with Gasteiger partial charge < -0.3 is 10.1 Å². The SMILES string of the molecule is C1=C(c2ccc(-c3ccccc3)cc2)NC(c2cccc3c2C2(c4ccccc4Oc4ccccc42)c2ccccc2-3)N=C1c1ccccc1. The standard InChI is InChI=1S/C47H32N2O/c1-3-14-31(15-4-1)32-26-28-34(29-27-32)42-30-41(33-16-5-2-6-17-33)48-46(49-42)37-20-13-19-36-35-18-7-8-21-38(35)47(45(36)37)39-22-9-11-24-43(39)50-44-25-12-10-23-40(44)47/h1-30,46,49H. The highest BCUT2D eigenvalue weighted by atomic mass is 16.5. The van der Waals surface area contributed by atoms with E-state index in [2.05, 4.69) is 187 Å². The minimum Gasteiger partial charge on any atom is -0.457 e. The Labute approximate surface area is 291 Å². The highest BCUT2D eigenvalue weighted by molar-refractivity contribution is 6.13. The third-order valence-electron chi connectivity index (χ3n) is 10.4. The van der Waals surface area contributed by atoms with Crippen LogP contribution in [0, 0.1) is 0 Å². The van der Waals surface area contributed by atoms with Crippen LogP contribution in [0.1, 0.15) is 45.1 Å². The van der Waals surface area contributed by atoms with Gasteiger partial charge in [-0.25, -0.2) is 0 Å². The van der Waals surface area contributed by atoms with Crippen molar-refractivity contribution >= 4 is 11.4 Å². The van der Waals surface area contributed by atoms with Crippen molar-refractivity contribution in [2.45, 2.75) is 11.6 Å². The molecule has 3 nitrogen and oxygen atoms in total. The van der Waals surface area contributed by atoms with E-state index in [0.717, 1.165) is 50.7 Å². The smallest absolute Gasteiger partial charge is 0.145 e. The van der Waals surface area contributed by atoms with Gasteiger partial charge in [0, 0.05) is 22.4 Å². The van der Waals surface area contributed by atoms with Crippen molar-refractivity contribution in [3.8, 4) is 33.8 Å². The van der Waals surface area contributed by atoms with Gasteiger partial charge in [0.1, 0.15) is 17.7 Å². The van der Waals surface area contributed by atoms with Crippen LogP contribution in [0.3, 0.4) is 0 Å². The molecular formula is C47H32N2O. The molecule has 0 bridgehead atoms. The van der Waals surface area contributed by atoms with E-state index in [1.165, 1.54) is 33.4 Å². The number of aliphatic imine (C=N–C) groups is 1. The monoisotopic (exact) mass is 640 g/mol. The summed E-state index contributed by atoms with van der Waals surface area (Å²) in [4.78, 5) is 5.49. The van der Waals surface area contributed by atoms with E-state index >= 15 is 0 Å². The largest absolute Gasteiger partial charge is 0.457 e. The molecule has 1 aliphatic carbocycles. The number of rotatable bonds is 4. The third-order valence-corrected chi connectivity index (χ3v) is 10.4. The second-order valence-corrected chi connectivity index (χ2v) is 13.1. The van der Waals surface area contributed by atoms with Crippen molar-refractivity contribution in [2.75, 3.05) is 0 Å². The Morgan fingerprint density at radius 2 is 1.00 bits per heavy atom. The second kappa shape index (κ2) is 11.3. The Balaban J connectivity index is 1.19. The molecule has 7 aromatic carbocycles. The molecule has 0 radical (unpaired) electrons. The third kappa shape index (κ3) is 4.27. The van der Waals surface area contributed by atoms with E-state index in [0.29, 0.717) is 0 Å². The van der Waals surface area contributed by atoms with Gasteiger partial charge >= 0.3 is 0 Å². The summed E-state index contributed by atoms with van der Waals surface area (Å²) in [6.07, 6.45) is 1.85. The maximum absolute atomic E-state index is 6.62. The fourth-order valence-electron chi connectivity index (χ4n) is 8.26. The highest BCUT2D eigenvalue weighted by Crippen LogP contribution is 2.63. The molecule has 0 saturated heterocycles. The first-order valence-electron chi connectivity index (χ1n) is 17.2. The van der Waals surface area contributed by atoms with Crippen molar-refractivity contribution in [2.24, 2.45) is 4.99 Å². The summed E-state index contributed by atoms with van der Waals surface area (Å²) in [5.41, 5.74) is 14.4. The number of para-hydroxylation sites is 2. The van der Waals surface area contributed by atoms with E-state index in [4.69, 9.17) is 9.73 Å². The van der Waals surface area contributed by atoms with Crippen LogP contribution < -0.4 is 10.1 Å². The predicted molar refractivity (Wildman–Crippen MR) is 203 cm³/mol. The van der Waals surface area contributed by atoms with Crippen LogP contribution in [0.2, 0.25) is 0 Å². The summed E-state index contributed by atoms with van der Waals surface area (Å²) >= 11 is 0. The lowest BCUT2D eigenvalue weighted by Gasteiger charge is -2.41. The number of nitrogens with zero attached hydrogens (tertiary/aromatic N) is 1. The van der Waals surface area contributed by atoms with E-state index in [1.54, 1.807) is 0 Å². The quantitative estimate of drug-likeness (QED) is 0.208. The fraction of sp³-hybridized carbons (Fsp3) is 0.0426. The normalized spacial score (nSPS) is 16.1. The Morgan fingerprint density at radius 3 is 1.70 bits per heavy atom. The predicted octanol–water partition coefficient (Wildman–Crippen LogP) is 11.0. The zero-order valence-corrected chi connectivity index (χ0v) is 27.3. The van der Waals surface area contributed by atoms with Gasteiger partial charge in [-0.15, -0.1) is 0 Å². The molecule has 3 heteroatoms. The van der Waals surface area contributed by atoms with Gasteiger partial charge in [0.2, 0.25) is 0 Å². The number of hydrogen-bond donors (Lipinski definition) is 1. The van der Waals surface area contributed by atoms with Crippen molar-refractivity contribution in [1.29, 1.82) is 0 Å². The van der Waals surface area contributed by atoms with Crippen LogP contribution in [0.4, 0.5) is 0 Å². The number of hydrogen-bond acceptors (Lipinski definition) is 3. The van der Waals surface area contributed by atoms with Gasteiger partial charge in [-0.1, -0.05) is 164 Å². The molecule has 0 amide bonds. The van der Waals surface area contributed by atoms with Crippen LogP contribution in [0.5, 0.6) is 11.5 Å². The summed E-state index contributed by atoms with van der Waals surface area (Å²) in [5.74, 6) is 1.76. The second-order valence-electron chi connectivity index (χ2n) is 13.1. The van der Waals surface area contributed by atoms with Crippen LogP contribution in [0.15, 0.2) is 187 Å². The van der Waals surface area contributed by atoms with Crippen LogP contribution in [0.25, 0.3) is 28.0 Å². The Morgan fingerprint density at radius 1 is 0.460 bits per heavy atom. The molecule has 10 rings (SSSR count). The molecule has 50 heavy (non-hydrogen) atoms. The van der Waals surface area contributed by atoms with Gasteiger partial charge in [-0.05, 0) is 62.7 Å². The van der Waals surface area contributed by atoms with Gasteiger partial charge in [0.15, 0.2) is 0 Å². The average molecular weight is 641 g/mol. The van der Waals surface area contributed by atoms with Crippen molar-refractivity contribution in [3.05, 3.63) is 221 Å². The lowest BCUT2D eigenvalue weighted by molar-refractivity contribution is 0.435. The number of benzene rings is 7. The number of fused-ring (bicyclic) bond motifs is 9. The van der Waals surface area contributed by atoms with Crippen LogP contribution in [-0.4, -0.2) is 5.71 Å². The Hall–Kier alpha value is -6.45. The van der Waals surface area contributed by atoms with E-state index < -0.39 is 5.41 Å². The maximum Gasteiger partial charge on any atom is 0.145 e. The first kappa shape index (κ1) is 28.6. The topological polar surface area (TPSA) is 33.6 Å². The fourth-order valence-corrected chi connectivity index (χ4v) is 8.26. The van der Waals surface area contributed by atoms with E-state index in [1.807, 2.05) is 0 Å². The first-order chi connectivity index (χ1) is 24.8. The molecule has 1 unspecified atom stereocenters. The molecule has 1 N–H and O–H groups in total. The summed E-state index contributed by atoms with van der Waals surface area (Å²) < 4.78 is 6.62. The number of allylic oxidation sites excluding steroid dienone is 1. The summed E-state index contributed by atoms with van der Waals surface area (Å²) in [7, 11) is 0. The molecule has 3 aliphatic rings. The first-order valence-corrected chi connectivity index (χ1v) is 17.2. The number of ether oxygens (including phenoxy) is 1. The van der Waals surface area contributed by atoms with Gasteiger partial charge in [0.25, 0.3) is 0 Å². The van der Waals surface area contributed by atoms with E-state index in [9.17, 15) is 0 Å². The molecule has 0 saturated carbocycles. The summed E-state index contributed by atoms with van der Waals surface area (Å²) in [6.45, 7) is 0. The zero-order chi connectivity index (χ0) is 33.1.